The molecule has 29 heavy (non-hydrogen) atoms. The van der Waals surface area contributed by atoms with Crippen LogP contribution in [0.15, 0.2) is 35.0 Å². The maximum Gasteiger partial charge on any atom is 0.240 e. The van der Waals surface area contributed by atoms with Crippen molar-refractivity contribution in [2.45, 2.75) is 6.92 Å². The standard InChI is InChI=1S/C20H23N5O2S2/c1-14-12-28-19(21-14)23-18(26)11-24-6-8-25(9-7-24)20-22-17(13-29-20)15-4-3-5-16(10-15)27-2/h3-5,10,12-13H,6-9,11H2,1-2H3,(H,21,23,26). The molecule has 3 heterocycles. The number of aromatic nitrogens is 2. The van der Waals surface area contributed by atoms with Gasteiger partial charge < -0.3 is 15.0 Å². The van der Waals surface area contributed by atoms with E-state index in [2.05, 4.69) is 25.5 Å². The van der Waals surface area contributed by atoms with Gasteiger partial charge in [0.05, 0.1) is 25.0 Å². The van der Waals surface area contributed by atoms with Crippen molar-refractivity contribution in [1.82, 2.24) is 14.9 Å². The normalized spacial score (nSPS) is 14.8. The minimum Gasteiger partial charge on any atom is -0.497 e. The van der Waals surface area contributed by atoms with E-state index in [1.54, 1.807) is 18.4 Å². The Bertz CT molecular complexity index is 979. The molecule has 0 radical (unpaired) electrons. The maximum absolute atomic E-state index is 12.2. The van der Waals surface area contributed by atoms with Gasteiger partial charge in [-0.1, -0.05) is 12.1 Å². The minimum atomic E-state index is -0.0117. The molecule has 0 aliphatic carbocycles. The lowest BCUT2D eigenvalue weighted by molar-refractivity contribution is -0.117. The molecule has 9 heteroatoms. The molecular weight excluding hydrogens is 406 g/mol. The van der Waals surface area contributed by atoms with Crippen LogP contribution in [0.3, 0.4) is 0 Å². The predicted molar refractivity (Wildman–Crippen MR) is 118 cm³/mol. The van der Waals surface area contributed by atoms with Gasteiger partial charge in [-0.05, 0) is 19.1 Å². The minimum absolute atomic E-state index is 0.0117. The molecule has 1 aliphatic rings. The summed E-state index contributed by atoms with van der Waals surface area (Å²) in [6.45, 7) is 5.68. The van der Waals surface area contributed by atoms with Crippen LogP contribution in [0.1, 0.15) is 5.69 Å². The van der Waals surface area contributed by atoms with E-state index in [1.807, 2.05) is 36.6 Å². The number of methoxy groups -OCH3 is 1. The first kappa shape index (κ1) is 19.8. The van der Waals surface area contributed by atoms with E-state index < -0.39 is 0 Å². The summed E-state index contributed by atoms with van der Waals surface area (Å²) in [7, 11) is 1.67. The van der Waals surface area contributed by atoms with Crippen LogP contribution in [-0.4, -0.2) is 60.6 Å². The van der Waals surface area contributed by atoms with E-state index in [1.165, 1.54) is 11.3 Å². The highest BCUT2D eigenvalue weighted by molar-refractivity contribution is 7.14. The lowest BCUT2D eigenvalue weighted by atomic mass is 10.2. The molecule has 1 aromatic carbocycles. The summed E-state index contributed by atoms with van der Waals surface area (Å²) in [4.78, 5) is 25.8. The van der Waals surface area contributed by atoms with E-state index in [0.717, 1.165) is 54.0 Å². The number of hydrogen-bond acceptors (Lipinski definition) is 8. The van der Waals surface area contributed by atoms with Crippen molar-refractivity contribution in [3.63, 3.8) is 0 Å². The van der Waals surface area contributed by atoms with Crippen LogP contribution in [0.4, 0.5) is 10.3 Å². The molecule has 0 bridgehead atoms. The highest BCUT2D eigenvalue weighted by atomic mass is 32.1. The Morgan fingerprint density at radius 1 is 1.17 bits per heavy atom. The third-order valence-corrected chi connectivity index (χ3v) is 6.51. The van der Waals surface area contributed by atoms with Crippen LogP contribution in [0.5, 0.6) is 5.75 Å². The van der Waals surface area contributed by atoms with Gasteiger partial charge in [0.2, 0.25) is 5.91 Å². The molecule has 2 aromatic heterocycles. The number of carbonyl (C=O) groups is 1. The number of nitrogens with zero attached hydrogens (tertiary/aromatic N) is 4. The number of aryl methyl sites for hydroxylation is 1. The summed E-state index contributed by atoms with van der Waals surface area (Å²) in [5, 5.41) is 8.58. The molecule has 152 valence electrons. The molecule has 1 amide bonds. The number of carbonyl (C=O) groups excluding carboxylic acids is 1. The Morgan fingerprint density at radius 3 is 2.72 bits per heavy atom. The van der Waals surface area contributed by atoms with Crippen LogP contribution in [0.25, 0.3) is 11.3 Å². The van der Waals surface area contributed by atoms with Gasteiger partial charge in [0.25, 0.3) is 0 Å². The SMILES string of the molecule is COc1cccc(-c2csc(N3CCN(CC(=O)Nc4nc(C)cs4)CC3)n2)c1. The average molecular weight is 430 g/mol. The summed E-state index contributed by atoms with van der Waals surface area (Å²) in [6, 6.07) is 7.95. The quantitative estimate of drug-likeness (QED) is 0.648. The molecule has 7 nitrogen and oxygen atoms in total. The summed E-state index contributed by atoms with van der Waals surface area (Å²) in [5.41, 5.74) is 2.94. The third kappa shape index (κ3) is 4.92. The van der Waals surface area contributed by atoms with Crippen molar-refractivity contribution in [3.8, 4) is 17.0 Å². The van der Waals surface area contributed by atoms with Gasteiger partial charge in [-0.3, -0.25) is 9.69 Å². The van der Waals surface area contributed by atoms with Crippen LogP contribution in [0.2, 0.25) is 0 Å². The molecule has 0 spiro atoms. The summed E-state index contributed by atoms with van der Waals surface area (Å²) < 4.78 is 5.31. The highest BCUT2D eigenvalue weighted by Crippen LogP contribution is 2.29. The zero-order valence-corrected chi connectivity index (χ0v) is 18.1. The summed E-state index contributed by atoms with van der Waals surface area (Å²) in [6.07, 6.45) is 0. The van der Waals surface area contributed by atoms with Crippen LogP contribution in [0, 0.1) is 6.92 Å². The Hall–Kier alpha value is -2.49. The van der Waals surface area contributed by atoms with E-state index >= 15 is 0 Å². The maximum atomic E-state index is 12.2. The molecule has 0 atom stereocenters. The second kappa shape index (κ2) is 8.89. The van der Waals surface area contributed by atoms with Crippen molar-refractivity contribution in [2.75, 3.05) is 50.1 Å². The summed E-state index contributed by atoms with van der Waals surface area (Å²) >= 11 is 3.11. The van der Waals surface area contributed by atoms with Crippen molar-refractivity contribution >= 4 is 38.8 Å². The fraction of sp³-hybridized carbons (Fsp3) is 0.350. The highest BCUT2D eigenvalue weighted by Gasteiger charge is 2.21. The first-order valence-electron chi connectivity index (χ1n) is 9.40. The fourth-order valence-electron chi connectivity index (χ4n) is 3.20. The van der Waals surface area contributed by atoms with Gasteiger partial charge in [-0.2, -0.15) is 0 Å². The van der Waals surface area contributed by atoms with Gasteiger partial charge >= 0.3 is 0 Å². The van der Waals surface area contributed by atoms with Crippen LogP contribution >= 0.6 is 22.7 Å². The second-order valence-electron chi connectivity index (χ2n) is 6.85. The topological polar surface area (TPSA) is 70.6 Å². The fourth-order valence-corrected chi connectivity index (χ4v) is 4.79. The molecule has 1 saturated heterocycles. The molecular formula is C20H23N5O2S2. The van der Waals surface area contributed by atoms with E-state index in [9.17, 15) is 4.79 Å². The third-order valence-electron chi connectivity index (χ3n) is 4.73. The number of benzene rings is 1. The Morgan fingerprint density at radius 2 is 2.00 bits per heavy atom. The number of anilines is 2. The van der Waals surface area contributed by atoms with Gasteiger partial charge in [-0.25, -0.2) is 9.97 Å². The lowest BCUT2D eigenvalue weighted by Crippen LogP contribution is -2.48. The molecule has 1 N–H and O–H groups in total. The number of piperazine rings is 1. The number of ether oxygens (including phenoxy) is 1. The largest absolute Gasteiger partial charge is 0.497 e. The van der Waals surface area contributed by atoms with Gasteiger partial charge in [-0.15, -0.1) is 22.7 Å². The van der Waals surface area contributed by atoms with Gasteiger partial charge in [0.1, 0.15) is 5.75 Å². The number of amides is 1. The Balaban J connectivity index is 1.30. The monoisotopic (exact) mass is 429 g/mol. The van der Waals surface area contributed by atoms with Crippen LogP contribution < -0.4 is 15.0 Å². The lowest BCUT2D eigenvalue weighted by Gasteiger charge is -2.34. The van der Waals surface area contributed by atoms with Crippen molar-refractivity contribution in [1.29, 1.82) is 0 Å². The first-order chi connectivity index (χ1) is 14.1. The van der Waals surface area contributed by atoms with Crippen molar-refractivity contribution < 1.29 is 9.53 Å². The second-order valence-corrected chi connectivity index (χ2v) is 8.55. The molecule has 3 aromatic rings. The molecule has 0 saturated carbocycles. The molecule has 0 unspecified atom stereocenters. The molecule has 1 aliphatic heterocycles. The number of thiazole rings is 2. The number of nitrogens with one attached hydrogen (secondary N) is 1. The molecule has 1 fully saturated rings. The predicted octanol–water partition coefficient (Wildman–Crippen LogP) is 3.34. The zero-order chi connectivity index (χ0) is 20.2. The van der Waals surface area contributed by atoms with Gasteiger partial charge in [0.15, 0.2) is 10.3 Å². The smallest absolute Gasteiger partial charge is 0.240 e. The summed E-state index contributed by atoms with van der Waals surface area (Å²) in [5.74, 6) is 0.819. The zero-order valence-electron chi connectivity index (χ0n) is 16.4. The van der Waals surface area contributed by atoms with E-state index in [-0.39, 0.29) is 5.91 Å². The van der Waals surface area contributed by atoms with E-state index in [4.69, 9.17) is 9.72 Å². The van der Waals surface area contributed by atoms with Gasteiger partial charge in [0, 0.05) is 42.5 Å². The average Bonchev–Trinajstić information content (AvgIpc) is 3.38. The van der Waals surface area contributed by atoms with Crippen molar-refractivity contribution in [2.24, 2.45) is 0 Å². The first-order valence-corrected chi connectivity index (χ1v) is 11.2. The Labute approximate surface area is 178 Å². The number of rotatable bonds is 6. The van der Waals surface area contributed by atoms with Crippen molar-refractivity contribution in [3.05, 3.63) is 40.7 Å². The van der Waals surface area contributed by atoms with Crippen LogP contribution in [-0.2, 0) is 4.79 Å². The Kier molecular flexibility index (Phi) is 6.08. The number of hydrogen-bond donors (Lipinski definition) is 1. The van der Waals surface area contributed by atoms with E-state index in [0.29, 0.717) is 11.7 Å². The molecule has 4 rings (SSSR count).